The van der Waals surface area contributed by atoms with Crippen molar-refractivity contribution in [3.8, 4) is 0 Å². The summed E-state index contributed by atoms with van der Waals surface area (Å²) in [5.41, 5.74) is 0. The number of hydrogen-bond acceptors (Lipinski definition) is 4. The van der Waals surface area contributed by atoms with E-state index in [9.17, 15) is 0 Å². The second kappa shape index (κ2) is 29.5. The van der Waals surface area contributed by atoms with Crippen molar-refractivity contribution in [2.75, 3.05) is 0 Å². The van der Waals surface area contributed by atoms with Gasteiger partial charge < -0.3 is 0 Å². The SMILES string of the molecule is Cl.Cl.Cl.Cl.c1ccncc1.c1ccncc1.c1ccncc1.c1ccncc1. The van der Waals surface area contributed by atoms with E-state index in [0.29, 0.717) is 0 Å². The molecule has 28 heavy (non-hydrogen) atoms. The van der Waals surface area contributed by atoms with Gasteiger partial charge in [0.05, 0.1) is 0 Å². The smallest absolute Gasteiger partial charge is 0.0267 e. The van der Waals surface area contributed by atoms with Gasteiger partial charge in [-0.3, -0.25) is 19.9 Å². The first-order valence-corrected chi connectivity index (χ1v) is 7.40. The molecule has 4 heterocycles. The number of rotatable bonds is 0. The van der Waals surface area contributed by atoms with Crippen molar-refractivity contribution >= 4 is 49.6 Å². The van der Waals surface area contributed by atoms with Gasteiger partial charge in [0.2, 0.25) is 0 Å². The van der Waals surface area contributed by atoms with Crippen molar-refractivity contribution in [2.24, 2.45) is 0 Å². The van der Waals surface area contributed by atoms with Crippen LogP contribution in [0.5, 0.6) is 0 Å². The van der Waals surface area contributed by atoms with Crippen molar-refractivity contribution in [1.82, 2.24) is 19.9 Å². The molecule has 4 aromatic heterocycles. The lowest BCUT2D eigenvalue weighted by Crippen LogP contribution is -1.58. The molecule has 0 aliphatic rings. The van der Waals surface area contributed by atoms with Gasteiger partial charge in [0.15, 0.2) is 0 Å². The number of halogens is 4. The Morgan fingerprint density at radius 2 is 0.357 bits per heavy atom. The summed E-state index contributed by atoms with van der Waals surface area (Å²) in [6.45, 7) is 0. The second-order valence-corrected chi connectivity index (χ2v) is 4.10. The summed E-state index contributed by atoms with van der Waals surface area (Å²) >= 11 is 0. The summed E-state index contributed by atoms with van der Waals surface area (Å²) in [6.07, 6.45) is 14.0. The molecule has 0 saturated heterocycles. The van der Waals surface area contributed by atoms with Gasteiger partial charge in [-0.1, -0.05) is 24.3 Å². The minimum atomic E-state index is 0. The van der Waals surface area contributed by atoms with E-state index in [1.807, 2.05) is 72.8 Å². The third-order valence-electron chi connectivity index (χ3n) is 2.27. The summed E-state index contributed by atoms with van der Waals surface area (Å²) in [5, 5.41) is 0. The van der Waals surface area contributed by atoms with Gasteiger partial charge in [-0.05, 0) is 48.5 Å². The van der Waals surface area contributed by atoms with Gasteiger partial charge >= 0.3 is 0 Å². The number of pyridine rings is 4. The lowest BCUT2D eigenvalue weighted by Gasteiger charge is -1.70. The molecular formula is C20H24Cl4N4. The summed E-state index contributed by atoms with van der Waals surface area (Å²) in [6, 6.07) is 22.9. The summed E-state index contributed by atoms with van der Waals surface area (Å²) in [7, 11) is 0. The van der Waals surface area contributed by atoms with Crippen molar-refractivity contribution in [3.05, 3.63) is 122 Å². The van der Waals surface area contributed by atoms with Crippen molar-refractivity contribution in [2.45, 2.75) is 0 Å². The zero-order valence-corrected chi connectivity index (χ0v) is 18.2. The van der Waals surface area contributed by atoms with E-state index in [4.69, 9.17) is 0 Å². The minimum absolute atomic E-state index is 0. The van der Waals surface area contributed by atoms with Crippen LogP contribution in [0.3, 0.4) is 0 Å². The van der Waals surface area contributed by atoms with Crippen molar-refractivity contribution < 1.29 is 0 Å². The van der Waals surface area contributed by atoms with E-state index in [-0.39, 0.29) is 49.6 Å². The molecule has 0 atom stereocenters. The van der Waals surface area contributed by atoms with Crippen molar-refractivity contribution in [3.63, 3.8) is 0 Å². The normalized spacial score (nSPS) is 6.86. The van der Waals surface area contributed by atoms with Crippen LogP contribution in [-0.2, 0) is 0 Å². The maximum atomic E-state index is 3.78. The second-order valence-electron chi connectivity index (χ2n) is 4.10. The average Bonchev–Trinajstić information content (AvgIpc) is 2.75. The first kappa shape index (κ1) is 33.4. The predicted octanol–water partition coefficient (Wildman–Crippen LogP) is 6.01. The zero-order valence-electron chi connectivity index (χ0n) is 15.0. The standard InChI is InChI=1S/4C5H5N.4ClH/c4*1-2-4-6-5-3-1;;;;/h4*1-5H;4*1H. The number of aromatic nitrogens is 4. The molecule has 0 amide bonds. The van der Waals surface area contributed by atoms with Crippen LogP contribution in [0, 0.1) is 0 Å². The van der Waals surface area contributed by atoms with E-state index in [2.05, 4.69) is 19.9 Å². The third-order valence-corrected chi connectivity index (χ3v) is 2.27. The number of nitrogens with zero attached hydrogens (tertiary/aromatic N) is 4. The molecule has 0 N–H and O–H groups in total. The molecule has 4 nitrogen and oxygen atoms in total. The number of hydrogen-bond donors (Lipinski definition) is 0. The lowest BCUT2D eigenvalue weighted by molar-refractivity contribution is 1.33. The molecule has 4 aromatic rings. The molecule has 0 aromatic carbocycles. The molecule has 0 spiro atoms. The minimum Gasteiger partial charge on any atom is -0.265 e. The monoisotopic (exact) mass is 460 g/mol. The molecule has 0 radical (unpaired) electrons. The first-order valence-electron chi connectivity index (χ1n) is 7.40. The quantitative estimate of drug-likeness (QED) is 0.321. The third kappa shape index (κ3) is 26.0. The van der Waals surface area contributed by atoms with E-state index < -0.39 is 0 Å². The molecule has 152 valence electrons. The molecule has 4 rings (SSSR count). The average molecular weight is 462 g/mol. The van der Waals surface area contributed by atoms with E-state index in [1.54, 1.807) is 49.6 Å². The van der Waals surface area contributed by atoms with Gasteiger partial charge in [-0.25, -0.2) is 0 Å². The molecule has 0 aliphatic carbocycles. The summed E-state index contributed by atoms with van der Waals surface area (Å²) < 4.78 is 0. The highest BCUT2D eigenvalue weighted by atomic mass is 35.5. The fourth-order valence-electron chi connectivity index (χ4n) is 1.25. The van der Waals surface area contributed by atoms with Crippen LogP contribution < -0.4 is 0 Å². The van der Waals surface area contributed by atoms with Gasteiger partial charge in [-0.2, -0.15) is 0 Å². The molecule has 0 bridgehead atoms. The topological polar surface area (TPSA) is 51.6 Å². The molecule has 0 saturated carbocycles. The fraction of sp³-hybridized carbons (Fsp3) is 0. The van der Waals surface area contributed by atoms with Crippen LogP contribution in [0.1, 0.15) is 0 Å². The Labute approximate surface area is 191 Å². The highest BCUT2D eigenvalue weighted by molar-refractivity contribution is 5.86. The Morgan fingerprint density at radius 3 is 0.393 bits per heavy atom. The maximum Gasteiger partial charge on any atom is 0.0267 e. The Hall–Kier alpha value is -2.24. The molecule has 0 unspecified atom stereocenters. The Balaban J connectivity index is -0.000000131. The Kier molecular flexibility index (Phi) is 35.2. The highest BCUT2D eigenvalue weighted by Gasteiger charge is 1.60. The maximum absolute atomic E-state index is 3.78. The fourth-order valence-corrected chi connectivity index (χ4v) is 1.25. The molecule has 8 heteroatoms. The van der Waals surface area contributed by atoms with E-state index >= 15 is 0 Å². The van der Waals surface area contributed by atoms with E-state index in [1.165, 1.54) is 0 Å². The van der Waals surface area contributed by atoms with Gasteiger partial charge in [0, 0.05) is 49.6 Å². The largest absolute Gasteiger partial charge is 0.265 e. The van der Waals surface area contributed by atoms with Gasteiger partial charge in [0.1, 0.15) is 0 Å². The van der Waals surface area contributed by atoms with Crippen LogP contribution in [0.2, 0.25) is 0 Å². The van der Waals surface area contributed by atoms with Crippen LogP contribution in [0.15, 0.2) is 122 Å². The highest BCUT2D eigenvalue weighted by Crippen LogP contribution is 1.75. The van der Waals surface area contributed by atoms with Crippen molar-refractivity contribution in [1.29, 1.82) is 0 Å². The predicted molar refractivity (Wildman–Crippen MR) is 126 cm³/mol. The molecule has 0 fully saturated rings. The first-order chi connectivity index (χ1) is 12.0. The molecular weight excluding hydrogens is 438 g/mol. The van der Waals surface area contributed by atoms with Gasteiger partial charge in [-0.15, -0.1) is 49.6 Å². The van der Waals surface area contributed by atoms with Crippen LogP contribution in [0.4, 0.5) is 0 Å². The van der Waals surface area contributed by atoms with Gasteiger partial charge in [0.25, 0.3) is 0 Å². The molecule has 0 aliphatic heterocycles. The van der Waals surface area contributed by atoms with Crippen LogP contribution in [-0.4, -0.2) is 19.9 Å². The lowest BCUT2D eigenvalue weighted by atomic mass is 10.5. The van der Waals surface area contributed by atoms with Crippen LogP contribution >= 0.6 is 49.6 Å². The zero-order chi connectivity index (χ0) is 17.0. The Morgan fingerprint density at radius 1 is 0.214 bits per heavy atom. The Bertz CT molecular complexity index is 446. The van der Waals surface area contributed by atoms with Crippen LogP contribution in [0.25, 0.3) is 0 Å². The summed E-state index contributed by atoms with van der Waals surface area (Å²) in [4.78, 5) is 15.1. The van der Waals surface area contributed by atoms with E-state index in [0.717, 1.165) is 0 Å². The summed E-state index contributed by atoms with van der Waals surface area (Å²) in [5.74, 6) is 0.